The Morgan fingerprint density at radius 2 is 2.00 bits per heavy atom. The van der Waals surface area contributed by atoms with Gasteiger partial charge in [0.2, 0.25) is 0 Å². The highest BCUT2D eigenvalue weighted by Gasteiger charge is 2.14. The monoisotopic (exact) mass is 236 g/mol. The van der Waals surface area contributed by atoms with Crippen LogP contribution in [0.5, 0.6) is 0 Å². The molecule has 0 N–H and O–H groups in total. The Morgan fingerprint density at radius 1 is 1.24 bits per heavy atom. The van der Waals surface area contributed by atoms with Crippen LogP contribution in [0.1, 0.15) is 39.5 Å². The van der Waals surface area contributed by atoms with Crippen LogP contribution in [0.25, 0.3) is 0 Å². The maximum atomic E-state index is 2.43. The summed E-state index contributed by atoms with van der Waals surface area (Å²) in [6, 6.07) is 1.36. The van der Waals surface area contributed by atoms with Gasteiger partial charge in [0, 0.05) is 18.6 Å². The van der Waals surface area contributed by atoms with Crippen LogP contribution in [-0.2, 0) is 0 Å². The lowest BCUT2D eigenvalue weighted by molar-refractivity contribution is 0.251. The van der Waals surface area contributed by atoms with E-state index in [1.54, 1.807) is 0 Å². The average Bonchev–Trinajstić information content (AvgIpc) is 2.34. The fourth-order valence-corrected chi connectivity index (χ4v) is 2.57. The van der Waals surface area contributed by atoms with Crippen molar-refractivity contribution in [3.8, 4) is 0 Å². The molecule has 0 fully saturated rings. The van der Waals surface area contributed by atoms with E-state index < -0.39 is 0 Å². The van der Waals surface area contributed by atoms with Crippen LogP contribution in [-0.4, -0.2) is 42.5 Å². The molecule has 0 aromatic heterocycles. The van der Waals surface area contributed by atoms with Gasteiger partial charge >= 0.3 is 0 Å². The van der Waals surface area contributed by atoms with Crippen LogP contribution < -0.4 is 0 Å². The third kappa shape index (κ3) is 4.55. The molecule has 0 saturated heterocycles. The van der Waals surface area contributed by atoms with Gasteiger partial charge in [-0.15, -0.1) is 0 Å². The fourth-order valence-electron chi connectivity index (χ4n) is 2.57. The molecule has 0 aliphatic carbocycles. The molecule has 17 heavy (non-hydrogen) atoms. The van der Waals surface area contributed by atoms with Gasteiger partial charge in [-0.05, 0) is 59.0 Å². The Bertz CT molecular complexity index is 256. The third-order valence-electron chi connectivity index (χ3n) is 3.75. The normalized spacial score (nSPS) is 21.2. The van der Waals surface area contributed by atoms with Crippen LogP contribution in [0.3, 0.4) is 0 Å². The van der Waals surface area contributed by atoms with E-state index in [4.69, 9.17) is 0 Å². The van der Waals surface area contributed by atoms with Crippen molar-refractivity contribution in [2.45, 2.75) is 51.6 Å². The molecule has 2 unspecified atom stereocenters. The number of rotatable bonds is 7. The first-order valence-corrected chi connectivity index (χ1v) is 6.96. The van der Waals surface area contributed by atoms with Crippen molar-refractivity contribution in [2.75, 3.05) is 20.6 Å². The van der Waals surface area contributed by atoms with Gasteiger partial charge in [0.25, 0.3) is 0 Å². The highest BCUT2D eigenvalue weighted by molar-refractivity contribution is 5.12. The molecule has 0 aromatic carbocycles. The van der Waals surface area contributed by atoms with Crippen molar-refractivity contribution in [1.82, 2.24) is 9.80 Å². The molecule has 0 radical (unpaired) electrons. The lowest BCUT2D eigenvalue weighted by Crippen LogP contribution is -2.31. The first-order valence-electron chi connectivity index (χ1n) is 6.96. The molecule has 1 aliphatic heterocycles. The van der Waals surface area contributed by atoms with E-state index in [1.807, 2.05) is 0 Å². The Morgan fingerprint density at radius 3 is 2.59 bits per heavy atom. The molecule has 1 aliphatic rings. The smallest absolute Gasteiger partial charge is 0.0470 e. The van der Waals surface area contributed by atoms with Gasteiger partial charge < -0.3 is 9.80 Å². The van der Waals surface area contributed by atoms with Gasteiger partial charge in [-0.25, -0.2) is 0 Å². The number of hydrogen-bond donors (Lipinski definition) is 0. The zero-order chi connectivity index (χ0) is 12.7. The zero-order valence-electron chi connectivity index (χ0n) is 11.9. The Balaban J connectivity index is 2.30. The molecule has 2 atom stereocenters. The first-order chi connectivity index (χ1) is 8.19. The van der Waals surface area contributed by atoms with Crippen LogP contribution in [0, 0.1) is 0 Å². The van der Waals surface area contributed by atoms with Gasteiger partial charge in [0.1, 0.15) is 0 Å². The molecule has 1 heterocycles. The van der Waals surface area contributed by atoms with Crippen molar-refractivity contribution in [3.05, 3.63) is 24.4 Å². The predicted octanol–water partition coefficient (Wildman–Crippen LogP) is 3.27. The van der Waals surface area contributed by atoms with E-state index in [1.165, 1.54) is 25.7 Å². The van der Waals surface area contributed by atoms with Crippen molar-refractivity contribution < 1.29 is 0 Å². The van der Waals surface area contributed by atoms with Crippen molar-refractivity contribution in [1.29, 1.82) is 0 Å². The van der Waals surface area contributed by atoms with E-state index in [0.29, 0.717) is 6.04 Å². The molecule has 2 nitrogen and oxygen atoms in total. The summed E-state index contributed by atoms with van der Waals surface area (Å²) >= 11 is 0. The lowest BCUT2D eigenvalue weighted by atomic mass is 10.0. The number of likely N-dealkylation sites (N-methyl/N-ethyl adjacent to an activating group) is 1. The summed E-state index contributed by atoms with van der Waals surface area (Å²) in [7, 11) is 4.38. The van der Waals surface area contributed by atoms with Crippen LogP contribution >= 0.6 is 0 Å². The second-order valence-electron chi connectivity index (χ2n) is 5.08. The number of allylic oxidation sites excluding steroid dienone is 2. The second kappa shape index (κ2) is 7.54. The standard InChI is InChI=1S/C15H28N2/c1-5-14(16(3)4)11-9-12-15-10-7-8-13-17(15)6-2/h7-8,10,13-15H,5-6,9,11-12H2,1-4H3. The van der Waals surface area contributed by atoms with E-state index in [9.17, 15) is 0 Å². The number of nitrogens with zero attached hydrogens (tertiary/aromatic N) is 2. The minimum Gasteiger partial charge on any atom is -0.371 e. The quantitative estimate of drug-likeness (QED) is 0.669. The molecule has 0 spiro atoms. The second-order valence-corrected chi connectivity index (χ2v) is 5.08. The van der Waals surface area contributed by atoms with Gasteiger partial charge in [-0.3, -0.25) is 0 Å². The summed E-state index contributed by atoms with van der Waals surface area (Å²) in [5.41, 5.74) is 0. The topological polar surface area (TPSA) is 6.48 Å². The van der Waals surface area contributed by atoms with Crippen LogP contribution in [0.15, 0.2) is 24.4 Å². The fraction of sp³-hybridized carbons (Fsp3) is 0.733. The van der Waals surface area contributed by atoms with Gasteiger partial charge in [-0.1, -0.05) is 19.1 Å². The average molecular weight is 236 g/mol. The molecule has 98 valence electrons. The van der Waals surface area contributed by atoms with Gasteiger partial charge in [0.05, 0.1) is 0 Å². The van der Waals surface area contributed by atoms with E-state index in [0.717, 1.165) is 12.6 Å². The van der Waals surface area contributed by atoms with Gasteiger partial charge in [0.15, 0.2) is 0 Å². The highest BCUT2D eigenvalue weighted by atomic mass is 15.1. The zero-order valence-corrected chi connectivity index (χ0v) is 11.9. The van der Waals surface area contributed by atoms with Crippen molar-refractivity contribution >= 4 is 0 Å². The van der Waals surface area contributed by atoms with E-state index >= 15 is 0 Å². The Labute approximate surface area is 107 Å². The molecule has 2 heteroatoms. The molecule has 0 amide bonds. The van der Waals surface area contributed by atoms with Crippen molar-refractivity contribution in [2.24, 2.45) is 0 Å². The molecular weight excluding hydrogens is 208 g/mol. The highest BCUT2D eigenvalue weighted by Crippen LogP contribution is 2.17. The SMILES string of the molecule is CCC(CCCC1C=CC=CN1CC)N(C)C. The maximum absolute atomic E-state index is 2.43. The molecular formula is C15H28N2. The third-order valence-corrected chi connectivity index (χ3v) is 3.75. The summed E-state index contributed by atoms with van der Waals surface area (Å²) < 4.78 is 0. The minimum absolute atomic E-state index is 0.615. The van der Waals surface area contributed by atoms with Gasteiger partial charge in [-0.2, -0.15) is 0 Å². The molecule has 0 aromatic rings. The maximum Gasteiger partial charge on any atom is 0.0470 e. The first kappa shape index (κ1) is 14.3. The predicted molar refractivity (Wildman–Crippen MR) is 76.1 cm³/mol. The Kier molecular flexibility index (Phi) is 6.35. The van der Waals surface area contributed by atoms with Crippen molar-refractivity contribution in [3.63, 3.8) is 0 Å². The summed E-state index contributed by atoms with van der Waals surface area (Å²) in [5.74, 6) is 0. The summed E-state index contributed by atoms with van der Waals surface area (Å²) in [6.45, 7) is 5.62. The molecule has 0 bridgehead atoms. The molecule has 1 rings (SSSR count). The lowest BCUT2D eigenvalue weighted by Gasteiger charge is -2.30. The van der Waals surface area contributed by atoms with E-state index in [-0.39, 0.29) is 0 Å². The van der Waals surface area contributed by atoms with Crippen LogP contribution in [0.2, 0.25) is 0 Å². The molecule has 0 saturated carbocycles. The summed E-state index contributed by atoms with van der Waals surface area (Å²) in [4.78, 5) is 4.78. The van der Waals surface area contributed by atoms with Crippen LogP contribution in [0.4, 0.5) is 0 Å². The Hall–Kier alpha value is -0.760. The largest absolute Gasteiger partial charge is 0.371 e. The summed E-state index contributed by atoms with van der Waals surface area (Å²) in [5, 5.41) is 0. The number of hydrogen-bond acceptors (Lipinski definition) is 2. The summed E-state index contributed by atoms with van der Waals surface area (Å²) in [6.07, 6.45) is 14.0. The minimum atomic E-state index is 0.615. The van der Waals surface area contributed by atoms with E-state index in [2.05, 4.69) is 62.2 Å².